The first-order valence-corrected chi connectivity index (χ1v) is 8.44. The van der Waals surface area contributed by atoms with E-state index in [1.807, 2.05) is 13.1 Å². The van der Waals surface area contributed by atoms with Crippen molar-refractivity contribution in [2.24, 2.45) is 0 Å². The highest BCUT2D eigenvalue weighted by molar-refractivity contribution is 5.30. The van der Waals surface area contributed by atoms with Crippen molar-refractivity contribution < 1.29 is 18.3 Å². The Morgan fingerprint density at radius 2 is 1.96 bits per heavy atom. The molecule has 25 heavy (non-hydrogen) atoms. The van der Waals surface area contributed by atoms with E-state index in [1.54, 1.807) is 12.3 Å². The van der Waals surface area contributed by atoms with E-state index in [1.165, 1.54) is 6.07 Å². The summed E-state index contributed by atoms with van der Waals surface area (Å²) in [6.07, 6.45) is 0.104. The molecule has 1 aromatic carbocycles. The Morgan fingerprint density at radius 3 is 2.60 bits per heavy atom. The molecular weight excluding hydrogens is 331 g/mol. The Bertz CT molecular complexity index is 718. The second-order valence-corrected chi connectivity index (χ2v) is 6.52. The van der Waals surface area contributed by atoms with Crippen LogP contribution in [0.15, 0.2) is 36.7 Å². The molecule has 4 nitrogen and oxygen atoms in total. The van der Waals surface area contributed by atoms with Crippen molar-refractivity contribution in [3.8, 4) is 0 Å². The molecule has 0 aliphatic carbocycles. The number of hydrogen-bond acceptors (Lipinski definition) is 3. The fourth-order valence-electron chi connectivity index (χ4n) is 3.33. The van der Waals surface area contributed by atoms with Crippen LogP contribution < -0.4 is 0 Å². The molecule has 0 atom stereocenters. The van der Waals surface area contributed by atoms with Crippen molar-refractivity contribution in [2.45, 2.75) is 44.6 Å². The summed E-state index contributed by atoms with van der Waals surface area (Å²) in [5.41, 5.74) is -1.58. The summed E-state index contributed by atoms with van der Waals surface area (Å²) >= 11 is 0. The van der Waals surface area contributed by atoms with Crippen LogP contribution in [0.5, 0.6) is 0 Å². The molecular formula is C18H22F3N3O. The van der Waals surface area contributed by atoms with E-state index in [0.29, 0.717) is 38.0 Å². The Hall–Kier alpha value is -1.86. The first-order valence-electron chi connectivity index (χ1n) is 8.44. The summed E-state index contributed by atoms with van der Waals surface area (Å²) in [6.45, 7) is 4.80. The molecule has 3 rings (SSSR count). The van der Waals surface area contributed by atoms with Gasteiger partial charge in [-0.25, -0.2) is 4.98 Å². The molecule has 136 valence electrons. The lowest BCUT2D eigenvalue weighted by Gasteiger charge is -2.38. The lowest BCUT2D eigenvalue weighted by Crippen LogP contribution is -2.42. The SMILES string of the molecule is CCn1ccnc1CN1CCC(O)(c2cccc(C(F)(F)F)c2)CC1. The quantitative estimate of drug-likeness (QED) is 0.916. The number of aryl methyl sites for hydroxylation is 1. The molecule has 2 heterocycles. The number of aliphatic hydroxyl groups is 1. The van der Waals surface area contributed by atoms with Gasteiger partial charge in [0.1, 0.15) is 5.82 Å². The summed E-state index contributed by atoms with van der Waals surface area (Å²) in [5.74, 6) is 0.965. The van der Waals surface area contributed by atoms with Crippen LogP contribution in [0.2, 0.25) is 0 Å². The highest BCUT2D eigenvalue weighted by atomic mass is 19.4. The van der Waals surface area contributed by atoms with Gasteiger partial charge in [0.2, 0.25) is 0 Å². The van der Waals surface area contributed by atoms with Gasteiger partial charge >= 0.3 is 6.18 Å². The Morgan fingerprint density at radius 1 is 1.24 bits per heavy atom. The lowest BCUT2D eigenvalue weighted by molar-refractivity contribution is -0.137. The topological polar surface area (TPSA) is 41.3 Å². The molecule has 0 radical (unpaired) electrons. The predicted octanol–water partition coefficient (Wildman–Crippen LogP) is 3.41. The van der Waals surface area contributed by atoms with Gasteiger partial charge in [-0.1, -0.05) is 12.1 Å². The van der Waals surface area contributed by atoms with E-state index in [0.717, 1.165) is 24.5 Å². The molecule has 1 aromatic heterocycles. The molecule has 0 saturated carbocycles. The van der Waals surface area contributed by atoms with Crippen molar-refractivity contribution in [3.05, 3.63) is 53.6 Å². The summed E-state index contributed by atoms with van der Waals surface area (Å²) in [5, 5.41) is 10.9. The molecule has 0 amide bonds. The number of likely N-dealkylation sites (tertiary alicyclic amines) is 1. The minimum atomic E-state index is -4.40. The standard InChI is InChI=1S/C18H22F3N3O/c1-2-24-11-8-22-16(24)13-23-9-6-17(25,7-10-23)14-4-3-5-15(12-14)18(19,20)21/h3-5,8,11-12,25H,2,6-7,9-10,13H2,1H3. The molecule has 7 heteroatoms. The Kier molecular flexibility index (Phi) is 4.88. The van der Waals surface area contributed by atoms with Crippen LogP contribution in [0.4, 0.5) is 13.2 Å². The third kappa shape index (κ3) is 3.88. The highest BCUT2D eigenvalue weighted by Crippen LogP contribution is 2.36. The van der Waals surface area contributed by atoms with Crippen LogP contribution in [-0.2, 0) is 24.9 Å². The molecule has 1 N–H and O–H groups in total. The molecule has 0 bridgehead atoms. The summed E-state index contributed by atoms with van der Waals surface area (Å²) in [4.78, 5) is 6.53. The van der Waals surface area contributed by atoms with Crippen molar-refractivity contribution in [1.82, 2.24) is 14.5 Å². The van der Waals surface area contributed by atoms with Gasteiger partial charge in [-0.3, -0.25) is 4.90 Å². The van der Waals surface area contributed by atoms with Gasteiger partial charge in [-0.05, 0) is 37.5 Å². The Labute approximate surface area is 144 Å². The second kappa shape index (κ2) is 6.80. The van der Waals surface area contributed by atoms with Gasteiger partial charge in [0.25, 0.3) is 0 Å². The van der Waals surface area contributed by atoms with Crippen molar-refractivity contribution in [1.29, 1.82) is 0 Å². The monoisotopic (exact) mass is 353 g/mol. The maximum absolute atomic E-state index is 12.9. The van der Waals surface area contributed by atoms with E-state index in [9.17, 15) is 18.3 Å². The summed E-state index contributed by atoms with van der Waals surface area (Å²) in [7, 11) is 0. The van der Waals surface area contributed by atoms with Crippen LogP contribution in [0.1, 0.15) is 36.7 Å². The average Bonchev–Trinajstić information content (AvgIpc) is 3.04. The number of imidazole rings is 1. The zero-order valence-corrected chi connectivity index (χ0v) is 14.1. The van der Waals surface area contributed by atoms with Gasteiger partial charge < -0.3 is 9.67 Å². The molecule has 1 aliphatic heterocycles. The predicted molar refractivity (Wildman–Crippen MR) is 87.8 cm³/mol. The summed E-state index contributed by atoms with van der Waals surface area (Å²) < 4.78 is 40.8. The van der Waals surface area contributed by atoms with E-state index >= 15 is 0 Å². The Balaban J connectivity index is 1.68. The summed E-state index contributed by atoms with van der Waals surface area (Å²) in [6, 6.07) is 5.04. The molecule has 1 saturated heterocycles. The molecule has 1 fully saturated rings. The van der Waals surface area contributed by atoms with Crippen molar-refractivity contribution in [3.63, 3.8) is 0 Å². The number of aromatic nitrogens is 2. The van der Waals surface area contributed by atoms with E-state index in [-0.39, 0.29) is 0 Å². The third-order valence-corrected chi connectivity index (χ3v) is 4.92. The number of alkyl halides is 3. The first-order chi connectivity index (χ1) is 11.8. The fourth-order valence-corrected chi connectivity index (χ4v) is 3.33. The zero-order chi connectivity index (χ0) is 18.1. The van der Waals surface area contributed by atoms with Gasteiger partial charge in [-0.15, -0.1) is 0 Å². The van der Waals surface area contributed by atoms with Crippen molar-refractivity contribution >= 4 is 0 Å². The number of rotatable bonds is 4. The van der Waals surface area contributed by atoms with Crippen molar-refractivity contribution in [2.75, 3.05) is 13.1 Å². The van der Waals surface area contributed by atoms with Gasteiger partial charge in [0, 0.05) is 32.0 Å². The minimum Gasteiger partial charge on any atom is -0.385 e. The van der Waals surface area contributed by atoms with Gasteiger partial charge in [0.05, 0.1) is 17.7 Å². The minimum absolute atomic E-state index is 0.344. The average molecular weight is 353 g/mol. The van der Waals surface area contributed by atoms with Crippen LogP contribution >= 0.6 is 0 Å². The lowest BCUT2D eigenvalue weighted by atomic mass is 9.83. The van der Waals surface area contributed by atoms with Crippen LogP contribution in [0.25, 0.3) is 0 Å². The number of hydrogen-bond donors (Lipinski definition) is 1. The third-order valence-electron chi connectivity index (χ3n) is 4.92. The maximum atomic E-state index is 12.9. The van der Waals surface area contributed by atoms with Gasteiger partial charge in [0.15, 0.2) is 0 Å². The first kappa shape index (κ1) is 17.9. The number of nitrogens with zero attached hydrogens (tertiary/aromatic N) is 3. The largest absolute Gasteiger partial charge is 0.416 e. The molecule has 1 aliphatic rings. The van der Waals surface area contributed by atoms with Gasteiger partial charge in [-0.2, -0.15) is 13.2 Å². The fraction of sp³-hybridized carbons (Fsp3) is 0.500. The smallest absolute Gasteiger partial charge is 0.385 e. The molecule has 0 spiro atoms. The number of piperidine rings is 1. The number of halogens is 3. The number of benzene rings is 1. The molecule has 2 aromatic rings. The second-order valence-electron chi connectivity index (χ2n) is 6.52. The normalized spacial score (nSPS) is 18.4. The van der Waals surface area contributed by atoms with E-state index in [4.69, 9.17) is 0 Å². The zero-order valence-electron chi connectivity index (χ0n) is 14.1. The maximum Gasteiger partial charge on any atom is 0.416 e. The van der Waals surface area contributed by atoms with E-state index in [2.05, 4.69) is 14.5 Å². The highest BCUT2D eigenvalue weighted by Gasteiger charge is 2.37. The van der Waals surface area contributed by atoms with Crippen LogP contribution in [0, 0.1) is 0 Å². The van der Waals surface area contributed by atoms with E-state index < -0.39 is 17.3 Å². The van der Waals surface area contributed by atoms with Crippen LogP contribution in [-0.4, -0.2) is 32.6 Å². The van der Waals surface area contributed by atoms with Crippen LogP contribution in [0.3, 0.4) is 0 Å². The molecule has 0 unspecified atom stereocenters.